The Bertz CT molecular complexity index is 486. The third kappa shape index (κ3) is 4.27. The monoisotopic (exact) mass is 276 g/mol. The van der Waals surface area contributed by atoms with E-state index in [4.69, 9.17) is 17.3 Å². The molecule has 0 aliphatic heterocycles. The Balaban J connectivity index is 2.86. The van der Waals surface area contributed by atoms with Gasteiger partial charge < -0.3 is 5.73 Å². The first-order valence-corrected chi connectivity index (χ1v) is 7.20. The van der Waals surface area contributed by atoms with Crippen molar-refractivity contribution in [1.29, 1.82) is 0 Å². The first-order valence-electron chi connectivity index (χ1n) is 5.34. The summed E-state index contributed by atoms with van der Waals surface area (Å²) in [5, 5.41) is 0.226. The second kappa shape index (κ2) is 5.82. The van der Waals surface area contributed by atoms with Gasteiger partial charge in [0, 0.05) is 12.6 Å². The number of nitrogens with one attached hydrogen (secondary N) is 1. The van der Waals surface area contributed by atoms with Crippen molar-refractivity contribution < 1.29 is 8.42 Å². The first-order chi connectivity index (χ1) is 7.83. The lowest BCUT2D eigenvalue weighted by atomic mass is 10.2. The molecule has 0 aromatic heterocycles. The van der Waals surface area contributed by atoms with Crippen LogP contribution in [0.25, 0.3) is 0 Å². The number of halogens is 1. The minimum absolute atomic E-state index is 0.0364. The number of benzene rings is 1. The van der Waals surface area contributed by atoms with E-state index in [1.807, 2.05) is 13.8 Å². The number of hydrogen-bond acceptors (Lipinski definition) is 3. The Morgan fingerprint density at radius 1 is 1.47 bits per heavy atom. The van der Waals surface area contributed by atoms with Crippen LogP contribution in [0.4, 0.5) is 0 Å². The van der Waals surface area contributed by atoms with Crippen LogP contribution in [-0.2, 0) is 10.0 Å². The summed E-state index contributed by atoms with van der Waals surface area (Å²) < 4.78 is 26.4. The SMILES string of the molecule is Cc1ccc(Cl)c(S(=O)(=O)NCCC(C)N)c1. The highest BCUT2D eigenvalue weighted by molar-refractivity contribution is 7.89. The van der Waals surface area contributed by atoms with Crippen molar-refractivity contribution in [2.45, 2.75) is 31.2 Å². The number of rotatable bonds is 5. The lowest BCUT2D eigenvalue weighted by molar-refractivity contribution is 0.572. The maximum atomic E-state index is 12.0. The van der Waals surface area contributed by atoms with Gasteiger partial charge in [-0.2, -0.15) is 0 Å². The van der Waals surface area contributed by atoms with Gasteiger partial charge in [-0.05, 0) is 38.0 Å². The van der Waals surface area contributed by atoms with Crippen LogP contribution in [0.2, 0.25) is 5.02 Å². The van der Waals surface area contributed by atoms with E-state index in [9.17, 15) is 8.42 Å². The molecule has 0 amide bonds. The van der Waals surface area contributed by atoms with Crippen molar-refractivity contribution in [3.63, 3.8) is 0 Å². The topological polar surface area (TPSA) is 72.2 Å². The van der Waals surface area contributed by atoms with Gasteiger partial charge in [-0.15, -0.1) is 0 Å². The lowest BCUT2D eigenvalue weighted by Crippen LogP contribution is -2.29. The largest absolute Gasteiger partial charge is 0.328 e. The lowest BCUT2D eigenvalue weighted by Gasteiger charge is -2.10. The summed E-state index contributed by atoms with van der Waals surface area (Å²) in [5.74, 6) is 0. The van der Waals surface area contributed by atoms with Crippen molar-refractivity contribution in [3.05, 3.63) is 28.8 Å². The van der Waals surface area contributed by atoms with Gasteiger partial charge in [0.1, 0.15) is 4.90 Å². The summed E-state index contributed by atoms with van der Waals surface area (Å²) >= 11 is 5.88. The maximum absolute atomic E-state index is 12.0. The highest BCUT2D eigenvalue weighted by Gasteiger charge is 2.17. The molecule has 1 aromatic carbocycles. The van der Waals surface area contributed by atoms with Crippen LogP contribution in [0.3, 0.4) is 0 Å². The second-order valence-electron chi connectivity index (χ2n) is 4.10. The van der Waals surface area contributed by atoms with Gasteiger partial charge in [0.2, 0.25) is 10.0 Å². The van der Waals surface area contributed by atoms with E-state index in [2.05, 4.69) is 4.72 Å². The Kier molecular flexibility index (Phi) is 4.94. The fourth-order valence-corrected chi connectivity index (χ4v) is 2.95. The van der Waals surface area contributed by atoms with Gasteiger partial charge in [0.25, 0.3) is 0 Å². The smallest absolute Gasteiger partial charge is 0.242 e. The molecule has 0 bridgehead atoms. The molecule has 6 heteroatoms. The van der Waals surface area contributed by atoms with Crippen molar-refractivity contribution >= 4 is 21.6 Å². The van der Waals surface area contributed by atoms with E-state index in [0.717, 1.165) is 5.56 Å². The van der Waals surface area contributed by atoms with E-state index < -0.39 is 10.0 Å². The Hall–Kier alpha value is -0.620. The predicted octanol–water partition coefficient (Wildman–Crippen LogP) is 1.66. The van der Waals surface area contributed by atoms with Crippen molar-refractivity contribution in [1.82, 2.24) is 4.72 Å². The van der Waals surface area contributed by atoms with Crippen LogP contribution in [-0.4, -0.2) is 21.0 Å². The number of sulfonamides is 1. The number of hydrogen-bond donors (Lipinski definition) is 2. The van der Waals surface area contributed by atoms with E-state index in [1.165, 1.54) is 0 Å². The molecule has 1 aromatic rings. The molecule has 0 heterocycles. The fraction of sp³-hybridized carbons (Fsp3) is 0.455. The molecule has 1 unspecified atom stereocenters. The third-order valence-electron chi connectivity index (χ3n) is 2.27. The van der Waals surface area contributed by atoms with Gasteiger partial charge >= 0.3 is 0 Å². The average Bonchev–Trinajstić information content (AvgIpc) is 2.20. The second-order valence-corrected chi connectivity index (χ2v) is 6.24. The molecule has 0 fully saturated rings. The molecule has 1 rings (SSSR count). The maximum Gasteiger partial charge on any atom is 0.242 e. The quantitative estimate of drug-likeness (QED) is 0.859. The highest BCUT2D eigenvalue weighted by atomic mass is 35.5. The standard InChI is InChI=1S/C11H17ClN2O2S/c1-8-3-4-10(12)11(7-8)17(15,16)14-6-5-9(2)13/h3-4,7,9,14H,5-6,13H2,1-2H3. The van der Waals surface area contributed by atoms with Crippen molar-refractivity contribution in [2.24, 2.45) is 5.73 Å². The Morgan fingerprint density at radius 2 is 2.12 bits per heavy atom. The van der Waals surface area contributed by atoms with E-state index in [1.54, 1.807) is 18.2 Å². The van der Waals surface area contributed by atoms with Crippen molar-refractivity contribution in [3.8, 4) is 0 Å². The van der Waals surface area contributed by atoms with Gasteiger partial charge in [-0.25, -0.2) is 13.1 Å². The van der Waals surface area contributed by atoms with Gasteiger partial charge in [-0.1, -0.05) is 17.7 Å². The van der Waals surface area contributed by atoms with E-state index in [-0.39, 0.29) is 16.0 Å². The summed E-state index contributed by atoms with van der Waals surface area (Å²) in [5.41, 5.74) is 6.40. The fourth-order valence-electron chi connectivity index (χ4n) is 1.32. The minimum Gasteiger partial charge on any atom is -0.328 e. The minimum atomic E-state index is -3.55. The number of aryl methyl sites for hydroxylation is 1. The van der Waals surface area contributed by atoms with E-state index >= 15 is 0 Å². The zero-order valence-corrected chi connectivity index (χ0v) is 11.5. The normalized spacial score (nSPS) is 13.6. The summed E-state index contributed by atoms with van der Waals surface area (Å²) in [4.78, 5) is 0.115. The summed E-state index contributed by atoms with van der Waals surface area (Å²) in [6.07, 6.45) is 0.586. The summed E-state index contributed by atoms with van der Waals surface area (Å²) in [6, 6.07) is 4.86. The predicted molar refractivity (Wildman–Crippen MR) is 69.6 cm³/mol. The van der Waals surface area contributed by atoms with Crippen LogP contribution in [0.1, 0.15) is 18.9 Å². The molecule has 0 aliphatic rings. The zero-order chi connectivity index (χ0) is 13.1. The van der Waals surface area contributed by atoms with Gasteiger partial charge in [0.15, 0.2) is 0 Å². The molecule has 96 valence electrons. The Morgan fingerprint density at radius 3 is 2.71 bits per heavy atom. The molecular formula is C11H17ClN2O2S. The van der Waals surface area contributed by atoms with Gasteiger partial charge in [-0.3, -0.25) is 0 Å². The van der Waals surface area contributed by atoms with Crippen LogP contribution >= 0.6 is 11.6 Å². The molecule has 0 spiro atoms. The molecular weight excluding hydrogens is 260 g/mol. The van der Waals surface area contributed by atoms with E-state index in [0.29, 0.717) is 13.0 Å². The molecule has 3 N–H and O–H groups in total. The van der Waals surface area contributed by atoms with Crippen LogP contribution in [0.5, 0.6) is 0 Å². The van der Waals surface area contributed by atoms with Crippen molar-refractivity contribution in [2.75, 3.05) is 6.54 Å². The first kappa shape index (κ1) is 14.4. The molecule has 0 radical (unpaired) electrons. The third-order valence-corrected chi connectivity index (χ3v) is 4.21. The van der Waals surface area contributed by atoms with Gasteiger partial charge in [0.05, 0.1) is 5.02 Å². The molecule has 4 nitrogen and oxygen atoms in total. The molecule has 1 atom stereocenters. The molecule has 0 saturated carbocycles. The van der Waals surface area contributed by atoms with Crippen LogP contribution in [0, 0.1) is 6.92 Å². The Labute approximate surface area is 107 Å². The summed E-state index contributed by atoms with van der Waals surface area (Å²) in [6.45, 7) is 3.95. The molecule has 0 aliphatic carbocycles. The summed E-state index contributed by atoms with van der Waals surface area (Å²) in [7, 11) is -3.55. The van der Waals surface area contributed by atoms with Crippen LogP contribution < -0.4 is 10.5 Å². The molecule has 17 heavy (non-hydrogen) atoms. The average molecular weight is 277 g/mol. The highest BCUT2D eigenvalue weighted by Crippen LogP contribution is 2.22. The number of nitrogens with two attached hydrogens (primary N) is 1. The van der Waals surface area contributed by atoms with Crippen LogP contribution in [0.15, 0.2) is 23.1 Å². The zero-order valence-electron chi connectivity index (χ0n) is 9.90. The molecule has 0 saturated heterocycles.